The van der Waals surface area contributed by atoms with Gasteiger partial charge in [0.2, 0.25) is 0 Å². The highest BCUT2D eigenvalue weighted by Gasteiger charge is 2.16. The molecule has 2 aromatic carbocycles. The fourth-order valence-electron chi connectivity index (χ4n) is 2.03. The molecule has 0 aromatic heterocycles. The molecule has 0 amide bonds. The van der Waals surface area contributed by atoms with Crippen molar-refractivity contribution in [1.29, 1.82) is 0 Å². The third-order valence-corrected chi connectivity index (χ3v) is 3.43. The maximum Gasteiger partial charge on any atom is 0.195 e. The second kappa shape index (κ2) is 6.96. The SMILES string of the molecule is CCCNCc1ccc(-c2ccc(F)c(F)c2F)c(Cl)c1. The van der Waals surface area contributed by atoms with Crippen LogP contribution in [0.1, 0.15) is 18.9 Å². The molecule has 0 unspecified atom stereocenters. The van der Waals surface area contributed by atoms with Crippen LogP contribution in [0, 0.1) is 17.5 Å². The van der Waals surface area contributed by atoms with Crippen molar-refractivity contribution >= 4 is 11.6 Å². The van der Waals surface area contributed by atoms with Crippen LogP contribution in [0.3, 0.4) is 0 Å². The molecule has 0 heterocycles. The highest BCUT2D eigenvalue weighted by Crippen LogP contribution is 2.32. The predicted octanol–water partition coefficient (Wildman–Crippen LogP) is 4.92. The zero-order valence-corrected chi connectivity index (χ0v) is 12.3. The fourth-order valence-corrected chi connectivity index (χ4v) is 2.34. The van der Waals surface area contributed by atoms with Crippen molar-refractivity contribution in [3.63, 3.8) is 0 Å². The van der Waals surface area contributed by atoms with E-state index in [1.165, 1.54) is 6.07 Å². The summed E-state index contributed by atoms with van der Waals surface area (Å²) in [6.07, 6.45) is 1.02. The Bertz CT molecular complexity index is 644. The van der Waals surface area contributed by atoms with Crippen molar-refractivity contribution in [2.45, 2.75) is 19.9 Å². The molecule has 0 spiro atoms. The van der Waals surface area contributed by atoms with Crippen LogP contribution in [-0.4, -0.2) is 6.54 Å². The Labute approximate surface area is 126 Å². The van der Waals surface area contributed by atoms with E-state index < -0.39 is 17.5 Å². The van der Waals surface area contributed by atoms with Gasteiger partial charge >= 0.3 is 0 Å². The maximum absolute atomic E-state index is 13.8. The molecule has 0 saturated carbocycles. The molecule has 0 fully saturated rings. The van der Waals surface area contributed by atoms with Gasteiger partial charge in [-0.05, 0) is 36.7 Å². The molecule has 2 aromatic rings. The quantitative estimate of drug-likeness (QED) is 0.610. The van der Waals surface area contributed by atoms with Crippen molar-refractivity contribution < 1.29 is 13.2 Å². The standard InChI is InChI=1S/C16H15ClF3N/c1-2-7-21-9-10-3-4-11(13(17)8-10)12-5-6-14(18)16(20)15(12)19/h3-6,8,21H,2,7,9H2,1H3. The molecule has 0 bridgehead atoms. The normalized spacial score (nSPS) is 10.9. The second-order valence-electron chi connectivity index (χ2n) is 4.71. The van der Waals surface area contributed by atoms with E-state index in [2.05, 4.69) is 12.2 Å². The molecule has 0 atom stereocenters. The Hall–Kier alpha value is -1.52. The fraction of sp³-hybridized carbons (Fsp3) is 0.250. The molecule has 2 rings (SSSR count). The molecule has 0 aliphatic carbocycles. The predicted molar refractivity (Wildman–Crippen MR) is 78.8 cm³/mol. The molecule has 0 aliphatic heterocycles. The number of halogens is 4. The molecule has 5 heteroatoms. The van der Waals surface area contributed by atoms with Gasteiger partial charge in [-0.25, -0.2) is 13.2 Å². The van der Waals surface area contributed by atoms with Crippen LogP contribution >= 0.6 is 11.6 Å². The van der Waals surface area contributed by atoms with Crippen LogP contribution in [0.5, 0.6) is 0 Å². The third kappa shape index (κ3) is 3.57. The van der Waals surface area contributed by atoms with E-state index in [1.807, 2.05) is 0 Å². The molecule has 0 saturated heterocycles. The molecule has 1 N–H and O–H groups in total. The average Bonchev–Trinajstić information content (AvgIpc) is 2.46. The summed E-state index contributed by atoms with van der Waals surface area (Å²) >= 11 is 6.13. The van der Waals surface area contributed by atoms with E-state index in [1.54, 1.807) is 18.2 Å². The highest BCUT2D eigenvalue weighted by atomic mass is 35.5. The number of nitrogens with one attached hydrogen (secondary N) is 1. The summed E-state index contributed by atoms with van der Waals surface area (Å²) in [6.45, 7) is 3.60. The first-order chi connectivity index (χ1) is 10.0. The van der Waals surface area contributed by atoms with Crippen molar-refractivity contribution in [3.05, 3.63) is 58.4 Å². The van der Waals surface area contributed by atoms with Gasteiger partial charge in [-0.3, -0.25) is 0 Å². The van der Waals surface area contributed by atoms with Gasteiger partial charge in [-0.2, -0.15) is 0 Å². The van der Waals surface area contributed by atoms with Crippen molar-refractivity contribution in [2.75, 3.05) is 6.54 Å². The van der Waals surface area contributed by atoms with E-state index in [9.17, 15) is 13.2 Å². The van der Waals surface area contributed by atoms with Gasteiger partial charge < -0.3 is 5.32 Å². The van der Waals surface area contributed by atoms with E-state index in [-0.39, 0.29) is 5.56 Å². The van der Waals surface area contributed by atoms with Crippen LogP contribution in [0.25, 0.3) is 11.1 Å². The summed E-state index contributed by atoms with van der Waals surface area (Å²) < 4.78 is 40.0. The Balaban J connectivity index is 2.31. The minimum absolute atomic E-state index is 0.0491. The van der Waals surface area contributed by atoms with Crippen LogP contribution in [-0.2, 0) is 6.54 Å². The summed E-state index contributed by atoms with van der Waals surface area (Å²) in [6, 6.07) is 7.16. The smallest absolute Gasteiger partial charge is 0.195 e. The number of rotatable bonds is 5. The summed E-state index contributed by atoms with van der Waals surface area (Å²) in [5, 5.41) is 3.53. The first kappa shape index (κ1) is 15.9. The highest BCUT2D eigenvalue weighted by molar-refractivity contribution is 6.33. The largest absolute Gasteiger partial charge is 0.313 e. The van der Waals surface area contributed by atoms with Crippen LogP contribution in [0.4, 0.5) is 13.2 Å². The zero-order valence-electron chi connectivity index (χ0n) is 11.5. The minimum atomic E-state index is -1.49. The molecule has 0 radical (unpaired) electrons. The van der Waals surface area contributed by atoms with Crippen molar-refractivity contribution in [2.24, 2.45) is 0 Å². The first-order valence-electron chi connectivity index (χ1n) is 6.67. The van der Waals surface area contributed by atoms with Gasteiger partial charge in [0.05, 0.1) is 0 Å². The van der Waals surface area contributed by atoms with E-state index in [0.29, 0.717) is 17.1 Å². The zero-order chi connectivity index (χ0) is 15.4. The number of benzene rings is 2. The first-order valence-corrected chi connectivity index (χ1v) is 7.05. The van der Waals surface area contributed by atoms with E-state index >= 15 is 0 Å². The van der Waals surface area contributed by atoms with Crippen molar-refractivity contribution in [1.82, 2.24) is 5.32 Å². The Morgan fingerprint density at radius 1 is 1.00 bits per heavy atom. The Morgan fingerprint density at radius 3 is 2.38 bits per heavy atom. The minimum Gasteiger partial charge on any atom is -0.313 e. The third-order valence-electron chi connectivity index (χ3n) is 3.11. The molecule has 112 valence electrons. The summed E-state index contributed by atoms with van der Waals surface area (Å²) in [4.78, 5) is 0. The van der Waals surface area contributed by atoms with Gasteiger partial charge in [-0.15, -0.1) is 0 Å². The second-order valence-corrected chi connectivity index (χ2v) is 5.12. The number of hydrogen-bond acceptors (Lipinski definition) is 1. The molecule has 0 aliphatic rings. The number of hydrogen-bond donors (Lipinski definition) is 1. The van der Waals surface area contributed by atoms with Gasteiger partial charge in [-0.1, -0.05) is 30.7 Å². The van der Waals surface area contributed by atoms with Crippen LogP contribution in [0.2, 0.25) is 5.02 Å². The average molecular weight is 314 g/mol. The van der Waals surface area contributed by atoms with Crippen molar-refractivity contribution in [3.8, 4) is 11.1 Å². The maximum atomic E-state index is 13.8. The lowest BCUT2D eigenvalue weighted by Crippen LogP contribution is -2.13. The lowest BCUT2D eigenvalue weighted by Gasteiger charge is -2.10. The molecular formula is C16H15ClF3N. The Kier molecular flexibility index (Phi) is 5.26. The lowest BCUT2D eigenvalue weighted by atomic mass is 10.0. The van der Waals surface area contributed by atoms with Gasteiger partial charge in [0, 0.05) is 22.7 Å². The Morgan fingerprint density at radius 2 is 1.71 bits per heavy atom. The van der Waals surface area contributed by atoms with Gasteiger partial charge in [0.15, 0.2) is 17.5 Å². The van der Waals surface area contributed by atoms with Crippen LogP contribution in [0.15, 0.2) is 30.3 Å². The summed E-state index contributed by atoms with van der Waals surface area (Å²) in [5.74, 6) is -3.93. The van der Waals surface area contributed by atoms with E-state index in [4.69, 9.17) is 11.6 Å². The van der Waals surface area contributed by atoms with Gasteiger partial charge in [0.25, 0.3) is 0 Å². The summed E-state index contributed by atoms with van der Waals surface area (Å²) in [7, 11) is 0. The van der Waals surface area contributed by atoms with Gasteiger partial charge in [0.1, 0.15) is 0 Å². The molecular weight excluding hydrogens is 299 g/mol. The molecule has 21 heavy (non-hydrogen) atoms. The summed E-state index contributed by atoms with van der Waals surface area (Å²) in [5.41, 5.74) is 1.24. The van der Waals surface area contributed by atoms with Crippen LogP contribution < -0.4 is 5.32 Å². The lowest BCUT2D eigenvalue weighted by molar-refractivity contribution is 0.449. The molecule has 1 nitrogen and oxygen atoms in total. The topological polar surface area (TPSA) is 12.0 Å². The monoisotopic (exact) mass is 313 g/mol. The van der Waals surface area contributed by atoms with E-state index in [0.717, 1.165) is 24.6 Å².